The van der Waals surface area contributed by atoms with Crippen molar-refractivity contribution in [2.45, 2.75) is 38.5 Å². The van der Waals surface area contributed by atoms with E-state index in [4.69, 9.17) is 11.0 Å². The lowest BCUT2D eigenvalue weighted by Gasteiger charge is -2.28. The minimum atomic E-state index is -0.224. The number of furan rings is 1. The summed E-state index contributed by atoms with van der Waals surface area (Å²) in [7, 11) is 0. The number of fused-ring (bicyclic) bond motifs is 11. The van der Waals surface area contributed by atoms with Crippen molar-refractivity contribution >= 4 is 55.5 Å². The van der Waals surface area contributed by atoms with E-state index in [0.29, 0.717) is 5.69 Å². The predicted octanol–water partition coefficient (Wildman–Crippen LogP) is 13.4. The zero-order valence-electron chi connectivity index (χ0n) is 28.5. The van der Waals surface area contributed by atoms with Gasteiger partial charge < -0.3 is 9.32 Å². The van der Waals surface area contributed by atoms with E-state index in [2.05, 4.69) is 135 Å². The molecule has 0 atom stereocenters. The molecule has 7 aromatic carbocycles. The molecular formula is C47H34N2O. The second-order valence-electron chi connectivity index (χ2n) is 14.8. The summed E-state index contributed by atoms with van der Waals surface area (Å²) in [6, 6.07) is 47.8. The number of anilines is 3. The third-order valence-electron chi connectivity index (χ3n) is 11.5. The van der Waals surface area contributed by atoms with Gasteiger partial charge >= 0.3 is 0 Å². The Balaban J connectivity index is 1.17. The normalized spacial score (nSPS) is 14.7. The van der Waals surface area contributed by atoms with Crippen LogP contribution in [-0.2, 0) is 10.8 Å². The topological polar surface area (TPSA) is 20.7 Å². The summed E-state index contributed by atoms with van der Waals surface area (Å²) >= 11 is 0. The van der Waals surface area contributed by atoms with Gasteiger partial charge in [0.15, 0.2) is 11.3 Å². The second-order valence-corrected chi connectivity index (χ2v) is 14.8. The minimum Gasteiger partial charge on any atom is -0.454 e. The number of hydrogen-bond donors (Lipinski definition) is 0. The van der Waals surface area contributed by atoms with Crippen molar-refractivity contribution in [2.24, 2.45) is 0 Å². The van der Waals surface area contributed by atoms with Crippen molar-refractivity contribution < 1.29 is 4.42 Å². The van der Waals surface area contributed by atoms with E-state index in [0.717, 1.165) is 39.0 Å². The van der Waals surface area contributed by atoms with Crippen LogP contribution in [-0.4, -0.2) is 0 Å². The molecule has 1 aromatic heterocycles. The van der Waals surface area contributed by atoms with E-state index in [1.165, 1.54) is 55.3 Å². The van der Waals surface area contributed by atoms with Gasteiger partial charge in [0.25, 0.3) is 0 Å². The van der Waals surface area contributed by atoms with Gasteiger partial charge in [0.2, 0.25) is 0 Å². The van der Waals surface area contributed by atoms with Crippen molar-refractivity contribution in [3.63, 3.8) is 0 Å². The molecule has 2 aliphatic rings. The van der Waals surface area contributed by atoms with Crippen LogP contribution in [0.2, 0.25) is 0 Å². The fourth-order valence-corrected chi connectivity index (χ4v) is 8.87. The summed E-state index contributed by atoms with van der Waals surface area (Å²) < 4.78 is 6.57. The van der Waals surface area contributed by atoms with Crippen molar-refractivity contribution in [1.29, 1.82) is 0 Å². The van der Waals surface area contributed by atoms with Gasteiger partial charge in [-0.25, -0.2) is 4.85 Å². The van der Waals surface area contributed by atoms with Gasteiger partial charge in [-0.15, -0.1) is 0 Å². The lowest BCUT2D eigenvalue weighted by molar-refractivity contribution is 0.652. The van der Waals surface area contributed by atoms with Crippen molar-refractivity contribution in [3.05, 3.63) is 167 Å². The van der Waals surface area contributed by atoms with E-state index in [1.807, 2.05) is 36.4 Å². The highest BCUT2D eigenvalue weighted by atomic mass is 16.3. The molecule has 0 N–H and O–H groups in total. The maximum atomic E-state index is 7.56. The molecule has 10 rings (SSSR count). The van der Waals surface area contributed by atoms with Crippen molar-refractivity contribution in [1.82, 2.24) is 0 Å². The van der Waals surface area contributed by atoms with Crippen LogP contribution in [0.3, 0.4) is 0 Å². The van der Waals surface area contributed by atoms with Gasteiger partial charge in [0.1, 0.15) is 5.58 Å². The molecule has 0 fully saturated rings. The largest absolute Gasteiger partial charge is 0.454 e. The molecule has 0 bridgehead atoms. The maximum Gasteiger partial charge on any atom is 0.187 e. The van der Waals surface area contributed by atoms with Crippen LogP contribution in [0.15, 0.2) is 138 Å². The van der Waals surface area contributed by atoms with E-state index in [1.54, 1.807) is 0 Å². The molecule has 50 heavy (non-hydrogen) atoms. The highest BCUT2D eigenvalue weighted by Crippen LogP contribution is 2.58. The molecular weight excluding hydrogens is 609 g/mol. The fourth-order valence-electron chi connectivity index (χ4n) is 8.87. The first-order valence-corrected chi connectivity index (χ1v) is 17.3. The fraction of sp³-hybridized carbons (Fsp3) is 0.128. The third kappa shape index (κ3) is 3.79. The maximum absolute atomic E-state index is 7.56. The molecule has 0 spiro atoms. The highest BCUT2D eigenvalue weighted by molar-refractivity contribution is 6.10. The van der Waals surface area contributed by atoms with Crippen LogP contribution in [0.5, 0.6) is 0 Å². The Morgan fingerprint density at radius 3 is 2.02 bits per heavy atom. The summed E-state index contributed by atoms with van der Waals surface area (Å²) in [5, 5.41) is 4.79. The third-order valence-corrected chi connectivity index (χ3v) is 11.5. The summed E-state index contributed by atoms with van der Waals surface area (Å²) in [4.78, 5) is 5.95. The zero-order chi connectivity index (χ0) is 33.9. The quantitative estimate of drug-likeness (QED) is 0.179. The molecule has 1 heterocycles. The van der Waals surface area contributed by atoms with Crippen LogP contribution in [0.25, 0.3) is 59.8 Å². The number of para-hydroxylation sites is 2. The Hall–Kier alpha value is -6.11. The van der Waals surface area contributed by atoms with Crippen molar-refractivity contribution in [3.8, 4) is 22.3 Å². The molecule has 3 heteroatoms. The molecule has 0 amide bonds. The van der Waals surface area contributed by atoms with Gasteiger partial charge in [-0.2, -0.15) is 0 Å². The lowest BCUT2D eigenvalue weighted by Crippen LogP contribution is -2.17. The van der Waals surface area contributed by atoms with Crippen LogP contribution < -0.4 is 4.90 Å². The summed E-state index contributed by atoms with van der Waals surface area (Å²) in [6.07, 6.45) is 0. The average Bonchev–Trinajstić information content (AvgIpc) is 3.71. The first-order chi connectivity index (χ1) is 24.3. The monoisotopic (exact) mass is 642 g/mol. The van der Waals surface area contributed by atoms with E-state index in [-0.39, 0.29) is 10.8 Å². The van der Waals surface area contributed by atoms with Crippen LogP contribution in [0, 0.1) is 6.57 Å². The van der Waals surface area contributed by atoms with E-state index in [9.17, 15) is 0 Å². The minimum absolute atomic E-state index is 0.101. The summed E-state index contributed by atoms with van der Waals surface area (Å²) in [6.45, 7) is 17.0. The van der Waals surface area contributed by atoms with Crippen LogP contribution in [0.1, 0.15) is 49.9 Å². The number of rotatable bonds is 3. The molecule has 0 saturated carbocycles. The molecule has 8 aromatic rings. The molecule has 3 nitrogen and oxygen atoms in total. The van der Waals surface area contributed by atoms with Crippen molar-refractivity contribution in [2.75, 3.05) is 4.90 Å². The molecule has 0 unspecified atom stereocenters. The van der Waals surface area contributed by atoms with Gasteiger partial charge in [0, 0.05) is 33.0 Å². The van der Waals surface area contributed by atoms with Gasteiger partial charge in [-0.05, 0) is 104 Å². The Kier molecular flexibility index (Phi) is 5.75. The van der Waals surface area contributed by atoms with Crippen LogP contribution in [0.4, 0.5) is 22.7 Å². The standard InChI is InChI=1S/C47H34N2O/c1-46(2)38-24-17-28-11-6-7-12-32(28)44(38)37-27-40-36(26-41(37)46)33-23-22-31(25-39(33)47(40,3)4)49(30-20-18-29(48-5)19-21-30)42-15-10-14-35-34-13-8-9-16-43(34)50-45(35)42/h6-27H,1-4H3. The van der Waals surface area contributed by atoms with Gasteiger partial charge in [0.05, 0.1) is 12.3 Å². The number of nitrogens with zero attached hydrogens (tertiary/aromatic N) is 2. The first-order valence-electron chi connectivity index (χ1n) is 17.3. The van der Waals surface area contributed by atoms with E-state index < -0.39 is 0 Å². The predicted molar refractivity (Wildman–Crippen MR) is 207 cm³/mol. The zero-order valence-corrected chi connectivity index (χ0v) is 28.5. The summed E-state index contributed by atoms with van der Waals surface area (Å²) in [5.74, 6) is 0. The Labute approximate surface area is 291 Å². The average molecular weight is 643 g/mol. The lowest BCUT2D eigenvalue weighted by atomic mass is 9.79. The SMILES string of the molecule is [C-]#[N+]c1ccc(N(c2ccc3c(c2)C(C)(C)c2cc4c(cc2-3)C(C)(C)c2ccc3ccccc3c2-4)c2cccc3c2oc2ccccc23)cc1. The number of benzene rings is 7. The van der Waals surface area contributed by atoms with E-state index >= 15 is 0 Å². The number of hydrogen-bond acceptors (Lipinski definition) is 2. The Bertz CT molecular complexity index is 2770. The smallest absolute Gasteiger partial charge is 0.187 e. The second kappa shape index (κ2) is 9.97. The summed E-state index contributed by atoms with van der Waals surface area (Å²) in [5.41, 5.74) is 15.8. The Morgan fingerprint density at radius 2 is 1.20 bits per heavy atom. The highest BCUT2D eigenvalue weighted by Gasteiger charge is 2.42. The molecule has 2 aliphatic carbocycles. The molecule has 0 aliphatic heterocycles. The molecule has 0 radical (unpaired) electrons. The van der Waals surface area contributed by atoms with Crippen LogP contribution >= 0.6 is 0 Å². The molecule has 0 saturated heterocycles. The van der Waals surface area contributed by atoms with Gasteiger partial charge in [-0.3, -0.25) is 0 Å². The first kappa shape index (κ1) is 28.9. The Morgan fingerprint density at radius 1 is 0.540 bits per heavy atom. The van der Waals surface area contributed by atoms with Gasteiger partial charge in [-0.1, -0.05) is 113 Å². The molecule has 238 valence electrons.